The van der Waals surface area contributed by atoms with Gasteiger partial charge < -0.3 is 21.0 Å². The largest absolute Gasteiger partial charge is 0.326 e. The lowest BCUT2D eigenvalue weighted by Gasteiger charge is -2.23. The Kier molecular flexibility index (Phi) is 3.78. The van der Waals surface area contributed by atoms with Crippen molar-refractivity contribution in [2.75, 3.05) is 7.05 Å². The second-order valence-electron chi connectivity index (χ2n) is 5.75. The molecule has 19 heavy (non-hydrogen) atoms. The van der Waals surface area contributed by atoms with Crippen LogP contribution >= 0.6 is 0 Å². The van der Waals surface area contributed by atoms with Crippen molar-refractivity contribution in [3.05, 3.63) is 34.2 Å². The van der Waals surface area contributed by atoms with Crippen molar-refractivity contribution in [3.8, 4) is 0 Å². The van der Waals surface area contributed by atoms with E-state index >= 15 is 0 Å². The minimum Gasteiger partial charge on any atom is -0.326 e. The minimum atomic E-state index is -0.170. The highest BCUT2D eigenvalue weighted by atomic mass is 16.1. The van der Waals surface area contributed by atoms with Crippen molar-refractivity contribution < 1.29 is 0 Å². The Hall–Kier alpha value is -1.59. The first kappa shape index (κ1) is 13.8. The van der Waals surface area contributed by atoms with Crippen molar-refractivity contribution in [1.82, 2.24) is 15.3 Å². The Morgan fingerprint density at radius 3 is 2.63 bits per heavy atom. The molecule has 0 amide bonds. The molecule has 2 aromatic rings. The van der Waals surface area contributed by atoms with E-state index in [0.29, 0.717) is 0 Å². The van der Waals surface area contributed by atoms with E-state index in [9.17, 15) is 4.79 Å². The molecule has 1 aromatic heterocycles. The van der Waals surface area contributed by atoms with Crippen molar-refractivity contribution in [1.29, 1.82) is 0 Å². The number of nitrogens with two attached hydrogens (primary N) is 1. The first-order chi connectivity index (χ1) is 8.89. The zero-order valence-corrected chi connectivity index (χ0v) is 11.7. The van der Waals surface area contributed by atoms with E-state index < -0.39 is 0 Å². The molecule has 1 atom stereocenters. The van der Waals surface area contributed by atoms with Crippen LogP contribution in [0.25, 0.3) is 11.0 Å². The summed E-state index contributed by atoms with van der Waals surface area (Å²) in [5.74, 6) is 0. The predicted octanol–water partition coefficient (Wildman–Crippen LogP) is 1.63. The Morgan fingerprint density at radius 2 is 2.00 bits per heavy atom. The fraction of sp³-hybridized carbons (Fsp3) is 0.500. The number of rotatable bonds is 5. The number of hydrogen-bond donors (Lipinski definition) is 4. The van der Waals surface area contributed by atoms with E-state index in [4.69, 9.17) is 5.73 Å². The summed E-state index contributed by atoms with van der Waals surface area (Å²) in [6.07, 6.45) is 1.89. The van der Waals surface area contributed by atoms with Crippen molar-refractivity contribution in [3.63, 3.8) is 0 Å². The van der Waals surface area contributed by atoms with Gasteiger partial charge in [0.05, 0.1) is 11.0 Å². The number of aromatic amines is 2. The molecule has 0 aliphatic carbocycles. The second-order valence-corrected chi connectivity index (χ2v) is 5.75. The summed E-state index contributed by atoms with van der Waals surface area (Å²) in [6, 6.07) is 6.22. The molecule has 0 spiro atoms. The molecular weight excluding hydrogens is 240 g/mol. The van der Waals surface area contributed by atoms with Crippen LogP contribution in [0.5, 0.6) is 0 Å². The Bertz CT molecular complexity index is 606. The van der Waals surface area contributed by atoms with Crippen LogP contribution in [0.3, 0.4) is 0 Å². The number of benzene rings is 1. The highest BCUT2D eigenvalue weighted by Gasteiger charge is 2.16. The lowest BCUT2D eigenvalue weighted by Crippen LogP contribution is -2.33. The van der Waals surface area contributed by atoms with E-state index in [1.165, 1.54) is 0 Å². The van der Waals surface area contributed by atoms with Gasteiger partial charge in [-0.1, -0.05) is 6.07 Å². The maximum atomic E-state index is 11.3. The van der Waals surface area contributed by atoms with Crippen LogP contribution in [0.2, 0.25) is 0 Å². The SMILES string of the molecule is CNC(CCC(C)(C)N)c1ccc2[nH]c(=O)[nH]c2c1. The summed E-state index contributed by atoms with van der Waals surface area (Å²) in [6.45, 7) is 4.07. The van der Waals surface area contributed by atoms with Crippen LogP contribution in [-0.2, 0) is 0 Å². The minimum absolute atomic E-state index is 0.165. The maximum absolute atomic E-state index is 11.3. The average Bonchev–Trinajstić information content (AvgIpc) is 2.67. The summed E-state index contributed by atoms with van der Waals surface area (Å²) in [5.41, 5.74) is 8.53. The summed E-state index contributed by atoms with van der Waals surface area (Å²) < 4.78 is 0. The molecule has 1 heterocycles. The van der Waals surface area contributed by atoms with Gasteiger partial charge in [0.1, 0.15) is 0 Å². The molecule has 0 fully saturated rings. The highest BCUT2D eigenvalue weighted by Crippen LogP contribution is 2.23. The van der Waals surface area contributed by atoms with Crippen molar-refractivity contribution >= 4 is 11.0 Å². The van der Waals surface area contributed by atoms with Gasteiger partial charge in [-0.2, -0.15) is 0 Å². The van der Waals surface area contributed by atoms with E-state index in [2.05, 4.69) is 15.3 Å². The molecular formula is C14H22N4O. The van der Waals surface area contributed by atoms with Gasteiger partial charge in [0.15, 0.2) is 0 Å². The topological polar surface area (TPSA) is 86.7 Å². The van der Waals surface area contributed by atoms with Crippen LogP contribution in [0, 0.1) is 0 Å². The summed E-state index contributed by atoms with van der Waals surface area (Å²) >= 11 is 0. The fourth-order valence-electron chi connectivity index (χ4n) is 2.26. The Morgan fingerprint density at radius 1 is 1.32 bits per heavy atom. The normalized spacial score (nSPS) is 13.9. The summed E-state index contributed by atoms with van der Waals surface area (Å²) in [7, 11) is 1.94. The zero-order chi connectivity index (χ0) is 14.0. The molecule has 1 aromatic carbocycles. The second kappa shape index (κ2) is 5.19. The van der Waals surface area contributed by atoms with Gasteiger partial charge in [-0.15, -0.1) is 0 Å². The number of H-pyrrole nitrogens is 2. The van der Waals surface area contributed by atoms with Gasteiger partial charge in [-0.05, 0) is 51.4 Å². The van der Waals surface area contributed by atoms with Crippen molar-refractivity contribution in [2.24, 2.45) is 5.73 Å². The lowest BCUT2D eigenvalue weighted by molar-refractivity contribution is 0.411. The van der Waals surface area contributed by atoms with Gasteiger partial charge in [0, 0.05) is 11.6 Å². The third-order valence-corrected chi connectivity index (χ3v) is 3.37. The Labute approximate surface area is 112 Å². The molecule has 0 aliphatic rings. The highest BCUT2D eigenvalue weighted by molar-refractivity contribution is 5.75. The van der Waals surface area contributed by atoms with E-state index in [0.717, 1.165) is 29.4 Å². The van der Waals surface area contributed by atoms with Crippen molar-refractivity contribution in [2.45, 2.75) is 38.3 Å². The van der Waals surface area contributed by atoms with Gasteiger partial charge >= 0.3 is 5.69 Å². The van der Waals surface area contributed by atoms with Crippen LogP contribution in [0.1, 0.15) is 38.3 Å². The monoisotopic (exact) mass is 262 g/mol. The molecule has 0 bridgehead atoms. The molecule has 0 saturated heterocycles. The van der Waals surface area contributed by atoms with Crippen LogP contribution in [0.4, 0.5) is 0 Å². The fourth-order valence-corrected chi connectivity index (χ4v) is 2.26. The third kappa shape index (κ3) is 3.45. The Balaban J connectivity index is 2.22. The van der Waals surface area contributed by atoms with Crippen LogP contribution in [-0.4, -0.2) is 22.6 Å². The van der Waals surface area contributed by atoms with Gasteiger partial charge in [0.25, 0.3) is 0 Å². The summed E-state index contributed by atoms with van der Waals surface area (Å²) in [4.78, 5) is 16.8. The molecule has 5 heteroatoms. The van der Waals surface area contributed by atoms with Gasteiger partial charge in [-0.25, -0.2) is 4.79 Å². The number of hydrogen-bond acceptors (Lipinski definition) is 3. The van der Waals surface area contributed by atoms with E-state index in [-0.39, 0.29) is 17.3 Å². The number of imidazole rings is 1. The molecule has 1 unspecified atom stereocenters. The molecule has 104 valence electrons. The molecule has 0 aliphatic heterocycles. The van der Waals surface area contributed by atoms with Gasteiger partial charge in [0.2, 0.25) is 0 Å². The van der Waals surface area contributed by atoms with E-state index in [1.54, 1.807) is 0 Å². The number of nitrogens with one attached hydrogen (secondary N) is 3. The average molecular weight is 262 g/mol. The molecule has 0 radical (unpaired) electrons. The third-order valence-electron chi connectivity index (χ3n) is 3.37. The zero-order valence-electron chi connectivity index (χ0n) is 11.7. The molecule has 0 saturated carbocycles. The van der Waals surface area contributed by atoms with Crippen LogP contribution < -0.4 is 16.7 Å². The van der Waals surface area contributed by atoms with E-state index in [1.807, 2.05) is 39.1 Å². The summed E-state index contributed by atoms with van der Waals surface area (Å²) in [5, 5.41) is 3.30. The maximum Gasteiger partial charge on any atom is 0.323 e. The smallest absolute Gasteiger partial charge is 0.323 e. The first-order valence-electron chi connectivity index (χ1n) is 6.57. The quantitative estimate of drug-likeness (QED) is 0.660. The predicted molar refractivity (Wildman–Crippen MR) is 78.2 cm³/mol. The first-order valence-corrected chi connectivity index (χ1v) is 6.57. The number of aromatic nitrogens is 2. The molecule has 2 rings (SSSR count). The standard InChI is InChI=1S/C14H22N4O/c1-14(2,15)7-6-10(16-3)9-4-5-11-12(8-9)18-13(19)17-11/h4-5,8,10,16H,6-7,15H2,1-3H3,(H2,17,18,19). The number of fused-ring (bicyclic) bond motifs is 1. The lowest BCUT2D eigenvalue weighted by atomic mass is 9.93. The van der Waals surface area contributed by atoms with Gasteiger partial charge in [-0.3, -0.25) is 0 Å². The van der Waals surface area contributed by atoms with Crippen LogP contribution in [0.15, 0.2) is 23.0 Å². The molecule has 5 N–H and O–H groups in total. The molecule has 5 nitrogen and oxygen atoms in total.